The first-order chi connectivity index (χ1) is 23.6. The second-order valence-electron chi connectivity index (χ2n) is 14.1. The molecule has 2 heteroatoms. The summed E-state index contributed by atoms with van der Waals surface area (Å²) < 4.78 is 0. The van der Waals surface area contributed by atoms with Crippen LogP contribution in [0, 0.1) is 25.7 Å². The highest BCUT2D eigenvalue weighted by molar-refractivity contribution is 6.43. The van der Waals surface area contributed by atoms with Crippen LogP contribution in [0.5, 0.6) is 0 Å². The van der Waals surface area contributed by atoms with Gasteiger partial charge in [0.15, 0.2) is 0 Å². The van der Waals surface area contributed by atoms with Gasteiger partial charge in [-0.05, 0) is 80.5 Å². The summed E-state index contributed by atoms with van der Waals surface area (Å²) in [5.41, 5.74) is 8.06. The number of aliphatic imine (C=N–C) groups is 2. The van der Waals surface area contributed by atoms with E-state index in [0.717, 1.165) is 54.9 Å². The van der Waals surface area contributed by atoms with Crippen molar-refractivity contribution in [3.05, 3.63) is 59.2 Å². The van der Waals surface area contributed by atoms with Crippen molar-refractivity contribution in [3.8, 4) is 11.8 Å². The topological polar surface area (TPSA) is 24.7 Å². The molecule has 0 atom stereocenters. The molecule has 2 aromatic carbocycles. The third-order valence-corrected chi connectivity index (χ3v) is 9.78. The zero-order valence-electron chi connectivity index (χ0n) is 32.1. The molecular formula is C46H72N2. The van der Waals surface area contributed by atoms with Crippen LogP contribution in [0.15, 0.2) is 52.4 Å². The average Bonchev–Trinajstić information content (AvgIpc) is 3.10. The third-order valence-electron chi connectivity index (χ3n) is 9.78. The van der Waals surface area contributed by atoms with E-state index < -0.39 is 0 Å². The van der Waals surface area contributed by atoms with Crippen LogP contribution in [-0.2, 0) is 6.42 Å². The molecule has 2 nitrogen and oxygen atoms in total. The lowest BCUT2D eigenvalue weighted by Gasteiger charge is -2.08. The van der Waals surface area contributed by atoms with Crippen molar-refractivity contribution in [1.29, 1.82) is 0 Å². The molecule has 0 aliphatic rings. The van der Waals surface area contributed by atoms with Crippen molar-refractivity contribution in [3.63, 3.8) is 0 Å². The highest BCUT2D eigenvalue weighted by Crippen LogP contribution is 2.21. The molecule has 0 aromatic heterocycles. The van der Waals surface area contributed by atoms with Gasteiger partial charge in [0.2, 0.25) is 0 Å². The van der Waals surface area contributed by atoms with Crippen LogP contribution in [0.4, 0.5) is 11.4 Å². The Bertz CT molecular complexity index is 1210. The fourth-order valence-electron chi connectivity index (χ4n) is 6.39. The minimum atomic E-state index is 0.869. The maximum Gasteiger partial charge on any atom is 0.0636 e. The molecule has 0 amide bonds. The maximum absolute atomic E-state index is 4.98. The van der Waals surface area contributed by atoms with Gasteiger partial charge >= 0.3 is 0 Å². The Morgan fingerprint density at radius 3 is 1.33 bits per heavy atom. The molecular weight excluding hydrogens is 581 g/mol. The van der Waals surface area contributed by atoms with E-state index in [0.29, 0.717) is 0 Å². The summed E-state index contributed by atoms with van der Waals surface area (Å²) in [5, 5.41) is 0. The molecule has 2 aromatic rings. The summed E-state index contributed by atoms with van der Waals surface area (Å²) in [5.74, 6) is 6.83. The predicted molar refractivity (Wildman–Crippen MR) is 216 cm³/mol. The van der Waals surface area contributed by atoms with Crippen LogP contribution < -0.4 is 0 Å². The molecule has 0 fully saturated rings. The normalized spacial score (nSPS) is 11.9. The molecule has 2 rings (SSSR count). The van der Waals surface area contributed by atoms with E-state index in [1.54, 1.807) is 0 Å². The number of hydrogen-bond donors (Lipinski definition) is 0. The molecule has 0 aliphatic carbocycles. The summed E-state index contributed by atoms with van der Waals surface area (Å²) in [4.78, 5) is 9.93. The van der Waals surface area contributed by atoms with E-state index in [1.807, 2.05) is 0 Å². The first kappa shape index (κ1) is 41.5. The fraction of sp³-hybridized carbons (Fsp3) is 0.652. The van der Waals surface area contributed by atoms with Gasteiger partial charge in [-0.3, -0.25) is 9.98 Å². The zero-order chi connectivity index (χ0) is 34.5. The van der Waals surface area contributed by atoms with Crippen LogP contribution in [0.2, 0.25) is 0 Å². The fourth-order valence-corrected chi connectivity index (χ4v) is 6.39. The lowest BCUT2D eigenvalue weighted by atomic mass is 10.0. The third kappa shape index (κ3) is 20.0. The van der Waals surface area contributed by atoms with E-state index in [4.69, 9.17) is 9.98 Å². The first-order valence-electron chi connectivity index (χ1n) is 20.3. The average molecular weight is 653 g/mol. The number of aryl methyl sites for hydroxylation is 3. The van der Waals surface area contributed by atoms with Gasteiger partial charge in [0, 0.05) is 12.8 Å². The van der Waals surface area contributed by atoms with Gasteiger partial charge in [-0.1, -0.05) is 161 Å². The van der Waals surface area contributed by atoms with E-state index in [-0.39, 0.29) is 0 Å². The van der Waals surface area contributed by atoms with Crippen LogP contribution >= 0.6 is 0 Å². The predicted octanol–water partition coefficient (Wildman–Crippen LogP) is 15.1. The number of unbranched alkanes of at least 4 members (excludes halogenated alkanes) is 20. The molecule has 0 bridgehead atoms. The standard InChI is InChI=1S/C46H72N2/c1-6-9-10-11-12-13-14-15-16-17-18-19-20-21-22-23-24-25-26-27-28-29-30-31-32-42-34-37-43(38-35-42)47-45(7-2)46(8-3)48-44-36-33-40(4)41(5)39-44/h33-39H,6-28,31-32H2,1-5H3. The van der Waals surface area contributed by atoms with Crippen LogP contribution in [0.3, 0.4) is 0 Å². The Labute approximate surface area is 298 Å². The van der Waals surface area contributed by atoms with Gasteiger partial charge in [-0.2, -0.15) is 0 Å². The Morgan fingerprint density at radius 1 is 0.458 bits per heavy atom. The van der Waals surface area contributed by atoms with E-state index in [2.05, 4.69) is 88.9 Å². The quantitative estimate of drug-likeness (QED) is 0.0521. The number of hydrogen-bond acceptors (Lipinski definition) is 2. The van der Waals surface area contributed by atoms with Gasteiger partial charge in [0.1, 0.15) is 0 Å². The van der Waals surface area contributed by atoms with Crippen molar-refractivity contribution >= 4 is 22.8 Å². The van der Waals surface area contributed by atoms with E-state index >= 15 is 0 Å². The minimum Gasteiger partial charge on any atom is -0.252 e. The largest absolute Gasteiger partial charge is 0.252 e. The van der Waals surface area contributed by atoms with Crippen molar-refractivity contribution in [1.82, 2.24) is 0 Å². The molecule has 0 saturated heterocycles. The SMILES string of the molecule is CCCCCCCCCCCCCCCCCCCCCCC#CCCc1ccc(N=C(CC)C(CC)=Nc2ccc(C)c(C)c2)cc1. The number of nitrogens with zero attached hydrogens (tertiary/aromatic N) is 2. The molecule has 266 valence electrons. The molecule has 0 radical (unpaired) electrons. The van der Waals surface area contributed by atoms with Gasteiger partial charge in [-0.25, -0.2) is 0 Å². The van der Waals surface area contributed by atoms with E-state index in [9.17, 15) is 0 Å². The first-order valence-corrected chi connectivity index (χ1v) is 20.3. The summed E-state index contributed by atoms with van der Waals surface area (Å²) in [6, 6.07) is 15.1. The summed E-state index contributed by atoms with van der Waals surface area (Å²) in [6.45, 7) is 10.9. The monoisotopic (exact) mass is 653 g/mol. The van der Waals surface area contributed by atoms with Crippen LogP contribution in [0.1, 0.15) is 192 Å². The maximum atomic E-state index is 4.98. The second-order valence-corrected chi connectivity index (χ2v) is 14.1. The number of benzene rings is 2. The lowest BCUT2D eigenvalue weighted by Crippen LogP contribution is -2.11. The van der Waals surface area contributed by atoms with E-state index in [1.165, 1.54) is 145 Å². The Balaban J connectivity index is 1.48. The molecule has 0 saturated carbocycles. The lowest BCUT2D eigenvalue weighted by molar-refractivity contribution is 0.522. The Kier molecular flexibility index (Phi) is 24.4. The highest BCUT2D eigenvalue weighted by Gasteiger charge is 2.07. The number of rotatable bonds is 27. The smallest absolute Gasteiger partial charge is 0.0636 e. The van der Waals surface area contributed by atoms with Gasteiger partial charge in [0.25, 0.3) is 0 Å². The minimum absolute atomic E-state index is 0.869. The molecule has 0 aliphatic heterocycles. The molecule has 0 N–H and O–H groups in total. The molecule has 48 heavy (non-hydrogen) atoms. The highest BCUT2D eigenvalue weighted by atomic mass is 14.8. The van der Waals surface area contributed by atoms with Crippen molar-refractivity contribution in [2.45, 2.75) is 195 Å². The van der Waals surface area contributed by atoms with Crippen LogP contribution in [-0.4, -0.2) is 11.4 Å². The zero-order valence-corrected chi connectivity index (χ0v) is 32.1. The summed E-state index contributed by atoms with van der Waals surface area (Å²) in [6.07, 6.45) is 33.3. The van der Waals surface area contributed by atoms with Crippen molar-refractivity contribution in [2.75, 3.05) is 0 Å². The van der Waals surface area contributed by atoms with Gasteiger partial charge in [0.05, 0.1) is 22.8 Å². The summed E-state index contributed by atoms with van der Waals surface area (Å²) in [7, 11) is 0. The van der Waals surface area contributed by atoms with Gasteiger partial charge in [-0.15, -0.1) is 11.8 Å². The molecule has 0 heterocycles. The Hall–Kier alpha value is -2.66. The summed E-state index contributed by atoms with van der Waals surface area (Å²) >= 11 is 0. The van der Waals surface area contributed by atoms with Crippen molar-refractivity contribution < 1.29 is 0 Å². The second kappa shape index (κ2) is 28.2. The van der Waals surface area contributed by atoms with Crippen LogP contribution in [0.25, 0.3) is 0 Å². The molecule has 0 unspecified atom stereocenters. The molecule has 0 spiro atoms. The Morgan fingerprint density at radius 2 is 0.875 bits per heavy atom. The van der Waals surface area contributed by atoms with Gasteiger partial charge < -0.3 is 0 Å². The van der Waals surface area contributed by atoms with Crippen molar-refractivity contribution in [2.24, 2.45) is 9.98 Å².